The van der Waals surface area contributed by atoms with Crippen molar-refractivity contribution in [3.05, 3.63) is 39.9 Å². The van der Waals surface area contributed by atoms with Gasteiger partial charge in [0.05, 0.1) is 16.7 Å². The summed E-state index contributed by atoms with van der Waals surface area (Å²) in [4.78, 5) is 19.3. The second-order valence-corrected chi connectivity index (χ2v) is 6.04. The third-order valence-electron chi connectivity index (χ3n) is 3.03. The predicted octanol–water partition coefficient (Wildman–Crippen LogP) is 2.24. The van der Waals surface area contributed by atoms with E-state index in [0.29, 0.717) is 22.2 Å². The molecule has 2 rings (SSSR count). The third kappa shape index (κ3) is 3.36. The maximum atomic E-state index is 12.0. The second-order valence-electron chi connectivity index (χ2n) is 4.62. The molecule has 0 saturated carbocycles. The largest absolute Gasteiger partial charge is 0.396 e. The van der Waals surface area contributed by atoms with Crippen LogP contribution in [0.5, 0.6) is 0 Å². The number of thioether (sulfide) groups is 1. The molecule has 0 aliphatic heterocycles. The van der Waals surface area contributed by atoms with Gasteiger partial charge in [-0.2, -0.15) is 11.8 Å². The number of hydrogen-bond donors (Lipinski definition) is 2. The van der Waals surface area contributed by atoms with Gasteiger partial charge in [0.25, 0.3) is 5.56 Å². The van der Waals surface area contributed by atoms with Crippen LogP contribution >= 0.6 is 11.8 Å². The summed E-state index contributed by atoms with van der Waals surface area (Å²) >= 11 is 1.68. The first-order chi connectivity index (χ1) is 9.11. The molecule has 0 amide bonds. The van der Waals surface area contributed by atoms with Crippen molar-refractivity contribution in [2.45, 2.75) is 31.3 Å². The molecule has 1 unspecified atom stereocenters. The quantitative estimate of drug-likeness (QED) is 0.880. The number of fused-ring (bicyclic) bond motifs is 1. The van der Waals surface area contributed by atoms with Gasteiger partial charge in [-0.3, -0.25) is 4.79 Å². The number of aromatic amines is 1. The summed E-state index contributed by atoms with van der Waals surface area (Å²) in [5.74, 6) is 1.35. The van der Waals surface area contributed by atoms with E-state index < -0.39 is 0 Å². The van der Waals surface area contributed by atoms with E-state index in [9.17, 15) is 4.79 Å². The van der Waals surface area contributed by atoms with E-state index in [1.54, 1.807) is 17.8 Å². The molecule has 1 heterocycles. The lowest BCUT2D eigenvalue weighted by Gasteiger charge is -2.09. The van der Waals surface area contributed by atoms with Gasteiger partial charge in [0.2, 0.25) is 0 Å². The van der Waals surface area contributed by atoms with Crippen molar-refractivity contribution in [3.63, 3.8) is 0 Å². The summed E-state index contributed by atoms with van der Waals surface area (Å²) < 4.78 is 0. The second kappa shape index (κ2) is 6.21. The molecule has 1 aromatic heterocycles. The molecule has 0 aliphatic carbocycles. The molecular formula is C14H18N2O2S. The Morgan fingerprint density at radius 3 is 3.00 bits per heavy atom. The number of aryl methyl sites for hydroxylation is 1. The smallest absolute Gasteiger partial charge is 0.258 e. The Balaban J connectivity index is 2.26. The molecule has 1 atom stereocenters. The van der Waals surface area contributed by atoms with Gasteiger partial charge in [0, 0.05) is 11.9 Å². The van der Waals surface area contributed by atoms with E-state index in [0.717, 1.165) is 17.5 Å². The summed E-state index contributed by atoms with van der Waals surface area (Å²) in [6.45, 7) is 4.21. The predicted molar refractivity (Wildman–Crippen MR) is 79.6 cm³/mol. The Bertz CT molecular complexity index is 624. The molecule has 4 nitrogen and oxygen atoms in total. The Morgan fingerprint density at radius 1 is 1.47 bits per heavy atom. The summed E-state index contributed by atoms with van der Waals surface area (Å²) in [7, 11) is 0. The summed E-state index contributed by atoms with van der Waals surface area (Å²) in [6, 6.07) is 5.62. The van der Waals surface area contributed by atoms with E-state index in [-0.39, 0.29) is 12.2 Å². The van der Waals surface area contributed by atoms with Crippen molar-refractivity contribution >= 4 is 22.7 Å². The van der Waals surface area contributed by atoms with Gasteiger partial charge in [0.15, 0.2) is 0 Å². The maximum Gasteiger partial charge on any atom is 0.258 e. The average molecular weight is 278 g/mol. The van der Waals surface area contributed by atoms with Gasteiger partial charge in [-0.1, -0.05) is 19.1 Å². The number of nitrogens with one attached hydrogen (secondary N) is 1. The fourth-order valence-corrected chi connectivity index (χ4v) is 2.76. The minimum atomic E-state index is -0.0842. The standard InChI is InChI=1S/C14H18N2O2S/c1-9-4-3-5-11-13(9)15-12(16-14(11)18)8-19-10(2)6-7-17/h3-5,10,17H,6-8H2,1-2H3,(H,15,16,18). The van der Waals surface area contributed by atoms with Gasteiger partial charge >= 0.3 is 0 Å². The Hall–Kier alpha value is -1.33. The number of hydrogen-bond acceptors (Lipinski definition) is 4. The lowest BCUT2D eigenvalue weighted by Crippen LogP contribution is -2.12. The highest BCUT2D eigenvalue weighted by Gasteiger charge is 2.08. The van der Waals surface area contributed by atoms with Gasteiger partial charge in [-0.05, 0) is 25.0 Å². The summed E-state index contributed by atoms with van der Waals surface area (Å²) in [5, 5.41) is 9.86. The molecule has 0 bridgehead atoms. The first-order valence-electron chi connectivity index (χ1n) is 6.33. The first-order valence-corrected chi connectivity index (χ1v) is 7.37. The molecule has 2 N–H and O–H groups in total. The lowest BCUT2D eigenvalue weighted by molar-refractivity contribution is 0.289. The Morgan fingerprint density at radius 2 is 2.26 bits per heavy atom. The van der Waals surface area contributed by atoms with E-state index in [1.165, 1.54) is 0 Å². The molecular weight excluding hydrogens is 260 g/mol. The van der Waals surface area contributed by atoms with Crippen LogP contribution in [0.15, 0.2) is 23.0 Å². The van der Waals surface area contributed by atoms with Crippen molar-refractivity contribution in [2.75, 3.05) is 6.61 Å². The van der Waals surface area contributed by atoms with E-state index in [2.05, 4.69) is 16.9 Å². The van der Waals surface area contributed by atoms with Crippen LogP contribution in [-0.4, -0.2) is 26.9 Å². The van der Waals surface area contributed by atoms with Crippen molar-refractivity contribution in [3.8, 4) is 0 Å². The van der Waals surface area contributed by atoms with Crippen LogP contribution in [0.2, 0.25) is 0 Å². The molecule has 102 valence electrons. The van der Waals surface area contributed by atoms with Crippen LogP contribution in [0.4, 0.5) is 0 Å². The molecule has 0 fully saturated rings. The number of H-pyrrole nitrogens is 1. The molecule has 0 aliphatic rings. The van der Waals surface area contributed by atoms with Gasteiger partial charge in [-0.25, -0.2) is 4.98 Å². The lowest BCUT2D eigenvalue weighted by atomic mass is 10.1. The summed E-state index contributed by atoms with van der Waals surface area (Å²) in [6.07, 6.45) is 0.751. The Kier molecular flexibility index (Phi) is 4.61. The van der Waals surface area contributed by atoms with E-state index >= 15 is 0 Å². The van der Waals surface area contributed by atoms with E-state index in [1.807, 2.05) is 19.1 Å². The minimum absolute atomic E-state index is 0.0842. The van der Waals surface area contributed by atoms with Crippen molar-refractivity contribution < 1.29 is 5.11 Å². The van der Waals surface area contributed by atoms with Crippen LogP contribution in [0, 0.1) is 6.92 Å². The van der Waals surface area contributed by atoms with Crippen LogP contribution in [0.3, 0.4) is 0 Å². The molecule has 0 saturated heterocycles. The van der Waals surface area contributed by atoms with Crippen LogP contribution < -0.4 is 5.56 Å². The normalized spacial score (nSPS) is 12.8. The van der Waals surface area contributed by atoms with Gasteiger partial charge in [0.1, 0.15) is 5.82 Å². The molecule has 0 spiro atoms. The number of rotatable bonds is 5. The van der Waals surface area contributed by atoms with Crippen LogP contribution in [-0.2, 0) is 5.75 Å². The van der Waals surface area contributed by atoms with Crippen LogP contribution in [0.1, 0.15) is 24.7 Å². The van der Waals surface area contributed by atoms with Crippen molar-refractivity contribution in [1.82, 2.24) is 9.97 Å². The number of nitrogens with zero attached hydrogens (tertiary/aromatic N) is 1. The number of para-hydroxylation sites is 1. The zero-order valence-electron chi connectivity index (χ0n) is 11.1. The number of benzene rings is 1. The third-order valence-corrected chi connectivity index (χ3v) is 4.27. The fraction of sp³-hybridized carbons (Fsp3) is 0.429. The fourth-order valence-electron chi connectivity index (χ4n) is 1.91. The minimum Gasteiger partial charge on any atom is -0.396 e. The molecule has 0 radical (unpaired) electrons. The number of aromatic nitrogens is 2. The van der Waals surface area contributed by atoms with Crippen molar-refractivity contribution in [2.24, 2.45) is 0 Å². The number of aliphatic hydroxyl groups excluding tert-OH is 1. The first kappa shape index (κ1) is 14.1. The van der Waals surface area contributed by atoms with Gasteiger partial charge < -0.3 is 10.1 Å². The summed E-state index contributed by atoms with van der Waals surface area (Å²) in [5.41, 5.74) is 1.70. The highest BCUT2D eigenvalue weighted by molar-refractivity contribution is 7.99. The molecule has 19 heavy (non-hydrogen) atoms. The molecule has 1 aromatic carbocycles. The number of aliphatic hydroxyl groups is 1. The molecule has 2 aromatic rings. The Labute approximate surface area is 116 Å². The van der Waals surface area contributed by atoms with Gasteiger partial charge in [-0.15, -0.1) is 0 Å². The van der Waals surface area contributed by atoms with E-state index in [4.69, 9.17) is 5.11 Å². The monoisotopic (exact) mass is 278 g/mol. The zero-order chi connectivity index (χ0) is 13.8. The molecule has 5 heteroatoms. The highest BCUT2D eigenvalue weighted by Crippen LogP contribution is 2.19. The van der Waals surface area contributed by atoms with Crippen LogP contribution in [0.25, 0.3) is 10.9 Å². The zero-order valence-corrected chi connectivity index (χ0v) is 12.0. The van der Waals surface area contributed by atoms with Crippen molar-refractivity contribution in [1.29, 1.82) is 0 Å². The topological polar surface area (TPSA) is 66.0 Å². The average Bonchev–Trinajstić information content (AvgIpc) is 2.38. The highest BCUT2D eigenvalue weighted by atomic mass is 32.2. The SMILES string of the molecule is Cc1cccc2c(=O)[nH]c(CSC(C)CCO)nc12. The maximum absolute atomic E-state index is 12.0.